The van der Waals surface area contributed by atoms with Gasteiger partial charge in [0.25, 0.3) is 11.7 Å². The van der Waals surface area contributed by atoms with Crippen LogP contribution in [-0.4, -0.2) is 25.7 Å². The number of rotatable bonds is 9. The number of hydrogen-bond donors (Lipinski definition) is 0. The molecule has 1 spiro atoms. The highest BCUT2D eigenvalue weighted by Crippen LogP contribution is 2.47. The molecule has 2 aliphatic rings. The molecule has 150 valence electrons. The Bertz CT molecular complexity index is 649. The van der Waals surface area contributed by atoms with Gasteiger partial charge in [-0.3, -0.25) is 4.79 Å². The Hall–Kier alpha value is -1.39. The van der Waals surface area contributed by atoms with Crippen LogP contribution < -0.4 is 4.90 Å². The van der Waals surface area contributed by atoms with Crippen LogP contribution in [-0.2, 0) is 20.1 Å². The van der Waals surface area contributed by atoms with Gasteiger partial charge in [-0.2, -0.15) is 0 Å². The number of unbranched alkanes of at least 4 members (excludes halogenated alkanes) is 7. The fraction of sp³-hybridized carbons (Fsp3) is 0.696. The van der Waals surface area contributed by atoms with Gasteiger partial charge in [-0.1, -0.05) is 63.5 Å². The van der Waals surface area contributed by atoms with Crippen LogP contribution >= 0.6 is 0 Å². The lowest BCUT2D eigenvalue weighted by Crippen LogP contribution is -2.47. The van der Waals surface area contributed by atoms with Gasteiger partial charge in [0.15, 0.2) is 0 Å². The van der Waals surface area contributed by atoms with E-state index in [9.17, 15) is 4.79 Å². The molecule has 1 fully saturated rings. The van der Waals surface area contributed by atoms with Gasteiger partial charge in [-0.05, 0) is 38.3 Å². The Morgan fingerprint density at radius 2 is 1.59 bits per heavy atom. The van der Waals surface area contributed by atoms with Gasteiger partial charge >= 0.3 is 0 Å². The molecule has 4 heteroatoms. The second-order valence-corrected chi connectivity index (χ2v) is 8.08. The van der Waals surface area contributed by atoms with E-state index in [-0.39, 0.29) is 5.91 Å². The predicted molar refractivity (Wildman–Crippen MR) is 109 cm³/mol. The van der Waals surface area contributed by atoms with Crippen LogP contribution in [0, 0.1) is 13.8 Å². The van der Waals surface area contributed by atoms with Gasteiger partial charge in [0.2, 0.25) is 0 Å². The lowest BCUT2D eigenvalue weighted by molar-refractivity contribution is -0.256. The average Bonchev–Trinajstić information content (AvgIpc) is 2.87. The van der Waals surface area contributed by atoms with E-state index in [4.69, 9.17) is 9.47 Å². The first-order chi connectivity index (χ1) is 13.1. The summed E-state index contributed by atoms with van der Waals surface area (Å²) >= 11 is 0. The quantitative estimate of drug-likeness (QED) is 0.546. The summed E-state index contributed by atoms with van der Waals surface area (Å²) in [4.78, 5) is 15.2. The molecule has 3 rings (SSSR count). The maximum absolute atomic E-state index is 13.3. The molecule has 1 amide bonds. The summed E-state index contributed by atoms with van der Waals surface area (Å²) < 4.78 is 11.9. The molecule has 27 heavy (non-hydrogen) atoms. The molecule has 0 aromatic heterocycles. The number of fused-ring (bicyclic) bond motifs is 2. The lowest BCUT2D eigenvalue weighted by Gasteiger charge is -2.32. The zero-order chi connectivity index (χ0) is 19.3. The smallest absolute Gasteiger partial charge is 0.292 e. The van der Waals surface area contributed by atoms with Crippen molar-refractivity contribution in [3.8, 4) is 0 Å². The van der Waals surface area contributed by atoms with Crippen molar-refractivity contribution in [2.75, 3.05) is 24.7 Å². The van der Waals surface area contributed by atoms with Gasteiger partial charge in [-0.15, -0.1) is 0 Å². The third-order valence-corrected chi connectivity index (χ3v) is 5.73. The van der Waals surface area contributed by atoms with Crippen molar-refractivity contribution in [1.29, 1.82) is 0 Å². The summed E-state index contributed by atoms with van der Waals surface area (Å²) in [5, 5.41) is 0. The van der Waals surface area contributed by atoms with E-state index in [1.165, 1.54) is 44.9 Å². The highest BCUT2D eigenvalue weighted by Gasteiger charge is 2.55. The topological polar surface area (TPSA) is 38.8 Å². The summed E-state index contributed by atoms with van der Waals surface area (Å²) in [7, 11) is 0. The number of amides is 1. The first kappa shape index (κ1) is 20.3. The number of aryl methyl sites for hydroxylation is 2. The third-order valence-electron chi connectivity index (χ3n) is 5.73. The van der Waals surface area contributed by atoms with Crippen molar-refractivity contribution in [3.63, 3.8) is 0 Å². The Labute approximate surface area is 164 Å². The van der Waals surface area contributed by atoms with Crippen LogP contribution in [0.15, 0.2) is 12.1 Å². The minimum Gasteiger partial charge on any atom is -0.338 e. The summed E-state index contributed by atoms with van der Waals surface area (Å²) in [6.07, 6.45) is 10.9. The molecule has 0 saturated carbocycles. The van der Waals surface area contributed by atoms with Crippen molar-refractivity contribution < 1.29 is 14.3 Å². The second-order valence-electron chi connectivity index (χ2n) is 8.08. The van der Waals surface area contributed by atoms with Crippen LogP contribution in [0.2, 0.25) is 0 Å². The van der Waals surface area contributed by atoms with Gasteiger partial charge in [0, 0.05) is 12.1 Å². The standard InChI is InChI=1S/C23H35NO3/c1-4-5-6-7-8-9-10-11-13-24-21-19(3)16-18(2)17-20(21)23(22(24)25)26-14-12-15-27-23/h16-17H,4-15H2,1-3H3. The first-order valence-corrected chi connectivity index (χ1v) is 10.8. The molecule has 0 aliphatic carbocycles. The fourth-order valence-electron chi connectivity index (χ4n) is 4.39. The van der Waals surface area contributed by atoms with E-state index in [0.717, 1.165) is 41.8 Å². The van der Waals surface area contributed by atoms with Gasteiger partial charge in [0.05, 0.1) is 18.9 Å². The van der Waals surface area contributed by atoms with Crippen LogP contribution in [0.5, 0.6) is 0 Å². The minimum absolute atomic E-state index is 0.0335. The third kappa shape index (κ3) is 4.22. The molecular weight excluding hydrogens is 338 g/mol. The summed E-state index contributed by atoms with van der Waals surface area (Å²) in [6.45, 7) is 8.30. The summed E-state index contributed by atoms with van der Waals surface area (Å²) in [5.74, 6) is -1.24. The highest BCUT2D eigenvalue weighted by atomic mass is 16.7. The van der Waals surface area contributed by atoms with Crippen LogP contribution in [0.4, 0.5) is 5.69 Å². The van der Waals surface area contributed by atoms with Gasteiger partial charge < -0.3 is 14.4 Å². The van der Waals surface area contributed by atoms with Crippen molar-refractivity contribution in [1.82, 2.24) is 0 Å². The zero-order valence-corrected chi connectivity index (χ0v) is 17.3. The van der Waals surface area contributed by atoms with E-state index in [2.05, 4.69) is 32.9 Å². The summed E-state index contributed by atoms with van der Waals surface area (Å²) in [5.41, 5.74) is 4.19. The number of hydrogen-bond acceptors (Lipinski definition) is 3. The van der Waals surface area contributed by atoms with Gasteiger partial charge in [-0.25, -0.2) is 0 Å². The first-order valence-electron chi connectivity index (χ1n) is 10.8. The van der Waals surface area contributed by atoms with Crippen molar-refractivity contribution >= 4 is 11.6 Å². The molecule has 4 nitrogen and oxygen atoms in total. The number of ether oxygens (including phenoxy) is 2. The molecule has 2 heterocycles. The van der Waals surface area contributed by atoms with E-state index in [1.807, 2.05) is 4.90 Å². The van der Waals surface area contributed by atoms with Crippen LogP contribution in [0.25, 0.3) is 0 Å². The highest BCUT2D eigenvalue weighted by molar-refractivity contribution is 6.07. The summed E-state index contributed by atoms with van der Waals surface area (Å²) in [6, 6.07) is 4.22. The van der Waals surface area contributed by atoms with Crippen molar-refractivity contribution in [2.24, 2.45) is 0 Å². The number of anilines is 1. The van der Waals surface area contributed by atoms with E-state index < -0.39 is 5.79 Å². The minimum atomic E-state index is -1.20. The zero-order valence-electron chi connectivity index (χ0n) is 17.3. The Morgan fingerprint density at radius 3 is 2.26 bits per heavy atom. The van der Waals surface area contributed by atoms with Crippen LogP contribution in [0.1, 0.15) is 81.4 Å². The molecule has 1 aromatic carbocycles. The normalized spacial score (nSPS) is 18.3. The number of carbonyl (C=O) groups is 1. The van der Waals surface area contributed by atoms with E-state index >= 15 is 0 Å². The maximum Gasteiger partial charge on any atom is 0.292 e. The fourth-order valence-corrected chi connectivity index (χ4v) is 4.39. The molecule has 1 saturated heterocycles. The molecule has 0 radical (unpaired) electrons. The molecule has 1 aromatic rings. The Morgan fingerprint density at radius 1 is 0.963 bits per heavy atom. The van der Waals surface area contributed by atoms with Crippen LogP contribution in [0.3, 0.4) is 0 Å². The predicted octanol–water partition coefficient (Wildman–Crippen LogP) is 5.38. The molecule has 0 bridgehead atoms. The molecular formula is C23H35NO3. The second kappa shape index (κ2) is 9.20. The monoisotopic (exact) mass is 373 g/mol. The SMILES string of the molecule is CCCCCCCCCCN1C(=O)C2(OCCCO2)c2cc(C)cc(C)c21. The number of benzene rings is 1. The average molecular weight is 374 g/mol. The molecule has 2 aliphatic heterocycles. The van der Waals surface area contributed by atoms with E-state index in [1.54, 1.807) is 0 Å². The number of nitrogens with zero attached hydrogens (tertiary/aromatic N) is 1. The maximum atomic E-state index is 13.3. The Balaban J connectivity index is 1.65. The van der Waals surface area contributed by atoms with Gasteiger partial charge in [0.1, 0.15) is 0 Å². The molecule has 0 atom stereocenters. The Kier molecular flexibility index (Phi) is 6.93. The largest absolute Gasteiger partial charge is 0.338 e. The molecule has 0 N–H and O–H groups in total. The van der Waals surface area contributed by atoms with Crippen molar-refractivity contribution in [2.45, 2.75) is 84.3 Å². The molecule has 0 unspecified atom stereocenters. The number of carbonyl (C=O) groups excluding carboxylic acids is 1. The lowest BCUT2D eigenvalue weighted by atomic mass is 10.00. The van der Waals surface area contributed by atoms with E-state index in [0.29, 0.717) is 13.2 Å². The van der Waals surface area contributed by atoms with Crippen molar-refractivity contribution in [3.05, 3.63) is 28.8 Å².